The zero-order valence-electron chi connectivity index (χ0n) is 13.6. The molecule has 1 heterocycles. The van der Waals surface area contributed by atoms with Crippen molar-refractivity contribution in [2.24, 2.45) is 5.92 Å². The minimum Gasteiger partial charge on any atom is -0.466 e. The predicted octanol–water partition coefficient (Wildman–Crippen LogP) is 3.08. The molecule has 1 saturated carbocycles. The van der Waals surface area contributed by atoms with Crippen LogP contribution in [-0.4, -0.2) is 30.0 Å². The molecule has 1 aliphatic rings. The Hall–Kier alpha value is -1.95. The number of benzene rings is 1. The highest BCUT2D eigenvalue weighted by molar-refractivity contribution is 7.18. The minimum absolute atomic E-state index is 0.124. The monoisotopic (exact) mass is 346 g/mol. The number of aromatic nitrogens is 1. The van der Waals surface area contributed by atoms with Gasteiger partial charge in [0, 0.05) is 25.3 Å². The van der Waals surface area contributed by atoms with Gasteiger partial charge < -0.3 is 10.1 Å². The molecule has 0 saturated heterocycles. The van der Waals surface area contributed by atoms with Gasteiger partial charge in [-0.1, -0.05) is 12.1 Å². The number of rotatable bonds is 9. The van der Waals surface area contributed by atoms with Crippen molar-refractivity contribution in [3.63, 3.8) is 0 Å². The second kappa shape index (κ2) is 8.24. The van der Waals surface area contributed by atoms with Crippen LogP contribution in [0.25, 0.3) is 10.2 Å². The van der Waals surface area contributed by atoms with Gasteiger partial charge in [0.15, 0.2) is 0 Å². The first-order valence-corrected chi connectivity index (χ1v) is 9.32. The minimum atomic E-state index is -0.194. The highest BCUT2D eigenvalue weighted by atomic mass is 32.1. The molecule has 24 heavy (non-hydrogen) atoms. The van der Waals surface area contributed by atoms with Gasteiger partial charge in [-0.05, 0) is 37.8 Å². The molecule has 0 bridgehead atoms. The maximum atomic E-state index is 11.6. The number of para-hydroxylation sites is 1. The third kappa shape index (κ3) is 5.03. The Kier molecular flexibility index (Phi) is 5.80. The van der Waals surface area contributed by atoms with Gasteiger partial charge in [0.25, 0.3) is 0 Å². The van der Waals surface area contributed by atoms with Gasteiger partial charge >= 0.3 is 5.97 Å². The number of esters is 1. The van der Waals surface area contributed by atoms with Crippen LogP contribution in [0.1, 0.15) is 37.1 Å². The van der Waals surface area contributed by atoms with Crippen LogP contribution in [0.5, 0.6) is 0 Å². The smallest absolute Gasteiger partial charge is 0.305 e. The van der Waals surface area contributed by atoms with E-state index in [1.54, 1.807) is 11.3 Å². The van der Waals surface area contributed by atoms with Gasteiger partial charge in [0.2, 0.25) is 5.91 Å². The summed E-state index contributed by atoms with van der Waals surface area (Å²) < 4.78 is 6.42. The average molecular weight is 346 g/mol. The molecule has 1 N–H and O–H groups in total. The maximum Gasteiger partial charge on any atom is 0.305 e. The summed E-state index contributed by atoms with van der Waals surface area (Å²) in [6.45, 7) is 0.972. The van der Waals surface area contributed by atoms with Crippen molar-refractivity contribution in [3.05, 3.63) is 29.3 Å². The molecule has 128 valence electrons. The van der Waals surface area contributed by atoms with Gasteiger partial charge in [-0.3, -0.25) is 9.59 Å². The topological polar surface area (TPSA) is 68.3 Å². The summed E-state index contributed by atoms with van der Waals surface area (Å²) >= 11 is 1.69. The summed E-state index contributed by atoms with van der Waals surface area (Å²) in [7, 11) is 0. The zero-order chi connectivity index (χ0) is 16.8. The number of amides is 1. The average Bonchev–Trinajstić information content (AvgIpc) is 3.35. The number of hydrogen-bond acceptors (Lipinski definition) is 5. The SMILES string of the molecule is O=C(CCCNC(=O)C1CC1)OCCCc1nc2ccccc2s1. The van der Waals surface area contributed by atoms with E-state index in [1.807, 2.05) is 18.2 Å². The van der Waals surface area contributed by atoms with E-state index in [1.165, 1.54) is 4.70 Å². The highest BCUT2D eigenvalue weighted by Gasteiger charge is 2.28. The Balaban J connectivity index is 1.25. The van der Waals surface area contributed by atoms with Crippen LogP contribution in [0.2, 0.25) is 0 Å². The second-order valence-corrected chi connectivity index (χ2v) is 7.18. The van der Waals surface area contributed by atoms with E-state index in [9.17, 15) is 9.59 Å². The number of nitrogens with one attached hydrogen (secondary N) is 1. The number of carbonyl (C=O) groups excluding carboxylic acids is 2. The van der Waals surface area contributed by atoms with E-state index in [2.05, 4.69) is 16.4 Å². The fourth-order valence-electron chi connectivity index (χ4n) is 2.44. The number of fused-ring (bicyclic) bond motifs is 1. The summed E-state index contributed by atoms with van der Waals surface area (Å²) in [5, 5.41) is 3.93. The Labute approximate surface area is 145 Å². The van der Waals surface area contributed by atoms with Crippen molar-refractivity contribution >= 4 is 33.4 Å². The second-order valence-electron chi connectivity index (χ2n) is 6.07. The lowest BCUT2D eigenvalue weighted by molar-refractivity contribution is -0.144. The Bertz CT molecular complexity index is 676. The van der Waals surface area contributed by atoms with Crippen molar-refractivity contribution in [1.82, 2.24) is 10.3 Å². The quantitative estimate of drug-likeness (QED) is 0.560. The molecule has 1 fully saturated rings. The Morgan fingerprint density at radius 1 is 1.25 bits per heavy atom. The van der Waals surface area contributed by atoms with Crippen LogP contribution in [0.3, 0.4) is 0 Å². The lowest BCUT2D eigenvalue weighted by Gasteiger charge is -2.05. The highest BCUT2D eigenvalue weighted by Crippen LogP contribution is 2.28. The van der Waals surface area contributed by atoms with E-state index >= 15 is 0 Å². The molecule has 1 aromatic carbocycles. The molecule has 3 rings (SSSR count). The predicted molar refractivity (Wildman–Crippen MR) is 93.9 cm³/mol. The van der Waals surface area contributed by atoms with E-state index in [4.69, 9.17) is 4.74 Å². The van der Waals surface area contributed by atoms with Crippen molar-refractivity contribution in [3.8, 4) is 0 Å². The van der Waals surface area contributed by atoms with Gasteiger partial charge in [0.05, 0.1) is 21.8 Å². The molecule has 1 aromatic heterocycles. The number of thiazole rings is 1. The number of ether oxygens (including phenoxy) is 1. The zero-order valence-corrected chi connectivity index (χ0v) is 14.4. The first-order valence-electron chi connectivity index (χ1n) is 8.50. The summed E-state index contributed by atoms with van der Waals surface area (Å²) in [4.78, 5) is 27.6. The van der Waals surface area contributed by atoms with Crippen molar-refractivity contribution in [2.75, 3.05) is 13.2 Å². The molecule has 2 aromatic rings. The van der Waals surface area contributed by atoms with Crippen LogP contribution < -0.4 is 5.32 Å². The summed E-state index contributed by atoms with van der Waals surface area (Å²) in [6, 6.07) is 8.08. The molecule has 1 aliphatic carbocycles. The van der Waals surface area contributed by atoms with Crippen LogP contribution in [-0.2, 0) is 20.7 Å². The molecular formula is C18H22N2O3S. The number of hydrogen-bond donors (Lipinski definition) is 1. The van der Waals surface area contributed by atoms with Gasteiger partial charge in [-0.25, -0.2) is 4.98 Å². The van der Waals surface area contributed by atoms with Crippen molar-refractivity contribution in [1.29, 1.82) is 0 Å². The van der Waals surface area contributed by atoms with Crippen molar-refractivity contribution in [2.45, 2.75) is 38.5 Å². The van der Waals surface area contributed by atoms with Gasteiger partial charge in [-0.2, -0.15) is 0 Å². The Morgan fingerprint density at radius 2 is 2.08 bits per heavy atom. The largest absolute Gasteiger partial charge is 0.466 e. The third-order valence-corrected chi connectivity index (χ3v) is 5.04. The third-order valence-electron chi connectivity index (χ3n) is 3.94. The van der Waals surface area contributed by atoms with E-state index in [-0.39, 0.29) is 17.8 Å². The molecule has 0 unspecified atom stereocenters. The summed E-state index contributed by atoms with van der Waals surface area (Å²) in [5.74, 6) is 0.152. The first kappa shape index (κ1) is 16.9. The lowest BCUT2D eigenvalue weighted by atomic mass is 10.3. The first-order chi connectivity index (χ1) is 11.7. The standard InChI is InChI=1S/C18H22N2O3S/c21-17(8-3-11-19-18(22)13-9-10-13)23-12-4-7-16-20-14-5-1-2-6-15(14)24-16/h1-2,5-6,13H,3-4,7-12H2,(H,19,22). The van der Waals surface area contributed by atoms with Gasteiger partial charge in [-0.15, -0.1) is 11.3 Å². The number of aryl methyl sites for hydroxylation is 1. The van der Waals surface area contributed by atoms with Crippen LogP contribution in [0.15, 0.2) is 24.3 Å². The molecule has 5 nitrogen and oxygen atoms in total. The fourth-order valence-corrected chi connectivity index (χ4v) is 3.45. The number of carbonyl (C=O) groups is 2. The summed E-state index contributed by atoms with van der Waals surface area (Å²) in [6.07, 6.45) is 4.60. The molecular weight excluding hydrogens is 324 g/mol. The Morgan fingerprint density at radius 3 is 2.88 bits per heavy atom. The molecule has 0 spiro atoms. The van der Waals surface area contributed by atoms with E-state index < -0.39 is 0 Å². The van der Waals surface area contributed by atoms with Crippen LogP contribution in [0, 0.1) is 5.92 Å². The maximum absolute atomic E-state index is 11.6. The number of nitrogens with zero attached hydrogens (tertiary/aromatic N) is 1. The molecule has 1 amide bonds. The van der Waals surface area contributed by atoms with E-state index in [0.717, 1.165) is 36.2 Å². The van der Waals surface area contributed by atoms with Gasteiger partial charge in [0.1, 0.15) is 0 Å². The molecule has 0 atom stereocenters. The fraction of sp³-hybridized carbons (Fsp3) is 0.500. The molecule has 6 heteroatoms. The van der Waals surface area contributed by atoms with E-state index in [0.29, 0.717) is 26.0 Å². The van der Waals surface area contributed by atoms with Crippen molar-refractivity contribution < 1.29 is 14.3 Å². The summed E-state index contributed by atoms with van der Waals surface area (Å²) in [5.41, 5.74) is 1.03. The lowest BCUT2D eigenvalue weighted by Crippen LogP contribution is -2.26. The normalized spacial score (nSPS) is 13.8. The molecule has 0 aliphatic heterocycles. The molecule has 0 radical (unpaired) electrons. The van der Waals surface area contributed by atoms with Crippen LogP contribution >= 0.6 is 11.3 Å². The van der Waals surface area contributed by atoms with Crippen LogP contribution in [0.4, 0.5) is 0 Å².